The maximum Gasteiger partial charge on any atom is 0.254 e. The zero-order valence-electron chi connectivity index (χ0n) is 14.9. The maximum absolute atomic E-state index is 13.2. The van der Waals surface area contributed by atoms with Crippen molar-refractivity contribution in [1.82, 2.24) is 9.80 Å². The van der Waals surface area contributed by atoms with Crippen LogP contribution in [0.5, 0.6) is 0 Å². The number of fused-ring (bicyclic) bond motifs is 1. The molecule has 0 aromatic carbocycles. The summed E-state index contributed by atoms with van der Waals surface area (Å²) in [5, 5.41) is 0. The molecule has 0 atom stereocenters. The van der Waals surface area contributed by atoms with Crippen molar-refractivity contribution in [2.24, 2.45) is 0 Å². The quantitative estimate of drug-likeness (QED) is 0.825. The number of nitrogens with zero attached hydrogens (tertiary/aromatic N) is 2. The summed E-state index contributed by atoms with van der Waals surface area (Å²) in [5.74, 6) is 0.197. The highest BCUT2D eigenvalue weighted by Crippen LogP contribution is 2.28. The molecule has 3 rings (SSSR count). The Hall–Kier alpha value is -1.87. The standard InChI is InChI=1S/C21H28N2O/c1-22(2)13-14-23(20-11-7-4-8-12-20)21(24)19-15-17-9-5-3-6-10-18(17)16-19/h3,5-6,9-10,15-16,20H,4,7-8,11-14H2,1-2H3. The van der Waals surface area contributed by atoms with Gasteiger partial charge in [0.25, 0.3) is 5.91 Å². The van der Waals surface area contributed by atoms with Crippen molar-refractivity contribution in [3.63, 3.8) is 0 Å². The summed E-state index contributed by atoms with van der Waals surface area (Å²) in [6.45, 7) is 1.73. The number of carbonyl (C=O) groups excluding carboxylic acids is 1. The maximum atomic E-state index is 13.2. The number of hydrogen-bond donors (Lipinski definition) is 0. The van der Waals surface area contributed by atoms with Crippen LogP contribution in [-0.2, 0) is 0 Å². The van der Waals surface area contributed by atoms with Crippen LogP contribution >= 0.6 is 0 Å². The Balaban J connectivity index is 1.84. The lowest BCUT2D eigenvalue weighted by molar-refractivity contribution is 0.0619. The molecule has 0 bridgehead atoms. The summed E-state index contributed by atoms with van der Waals surface area (Å²) >= 11 is 0. The topological polar surface area (TPSA) is 23.6 Å². The molecule has 0 spiro atoms. The van der Waals surface area contributed by atoms with E-state index in [0.29, 0.717) is 6.04 Å². The van der Waals surface area contributed by atoms with Crippen molar-refractivity contribution < 1.29 is 4.79 Å². The first-order valence-electron chi connectivity index (χ1n) is 9.09. The van der Waals surface area contributed by atoms with Gasteiger partial charge in [-0.25, -0.2) is 0 Å². The minimum atomic E-state index is 0.197. The van der Waals surface area contributed by atoms with Gasteiger partial charge in [-0.3, -0.25) is 4.79 Å². The molecule has 0 heterocycles. The molecule has 0 saturated heterocycles. The molecule has 24 heavy (non-hydrogen) atoms. The molecule has 3 heteroatoms. The highest BCUT2D eigenvalue weighted by atomic mass is 16.2. The normalized spacial score (nSPS) is 15.8. The van der Waals surface area contributed by atoms with Crippen molar-refractivity contribution in [3.05, 3.63) is 48.0 Å². The molecule has 3 aliphatic carbocycles. The van der Waals surface area contributed by atoms with Crippen LogP contribution < -0.4 is 0 Å². The SMILES string of the molecule is CN(C)CCN(C(=O)c1cc2cccccc-2c1)C1CCCCC1. The van der Waals surface area contributed by atoms with Gasteiger partial charge in [0.2, 0.25) is 0 Å². The predicted molar refractivity (Wildman–Crippen MR) is 99.5 cm³/mol. The Morgan fingerprint density at radius 1 is 0.958 bits per heavy atom. The molecule has 1 amide bonds. The summed E-state index contributed by atoms with van der Waals surface area (Å²) in [7, 11) is 4.14. The van der Waals surface area contributed by atoms with Crippen LogP contribution in [0.2, 0.25) is 0 Å². The van der Waals surface area contributed by atoms with E-state index in [0.717, 1.165) is 42.6 Å². The van der Waals surface area contributed by atoms with Crippen LogP contribution in [-0.4, -0.2) is 48.9 Å². The van der Waals surface area contributed by atoms with Crippen molar-refractivity contribution >= 4 is 5.91 Å². The predicted octanol–water partition coefficient (Wildman–Crippen LogP) is 4.13. The molecule has 0 N–H and O–H groups in total. The van der Waals surface area contributed by atoms with E-state index in [4.69, 9.17) is 0 Å². The van der Waals surface area contributed by atoms with Gasteiger partial charge in [0.15, 0.2) is 0 Å². The van der Waals surface area contributed by atoms with Crippen molar-refractivity contribution in [2.75, 3.05) is 27.2 Å². The molecule has 0 aromatic rings. The third-order valence-corrected chi connectivity index (χ3v) is 5.04. The van der Waals surface area contributed by atoms with Gasteiger partial charge in [-0.1, -0.05) is 49.6 Å². The minimum Gasteiger partial charge on any atom is -0.334 e. The summed E-state index contributed by atoms with van der Waals surface area (Å²) in [4.78, 5) is 17.5. The fourth-order valence-corrected chi connectivity index (χ4v) is 3.65. The molecule has 128 valence electrons. The molecule has 0 aromatic heterocycles. The van der Waals surface area contributed by atoms with Crippen LogP contribution in [0.25, 0.3) is 11.1 Å². The van der Waals surface area contributed by atoms with Crippen LogP contribution in [0.4, 0.5) is 0 Å². The van der Waals surface area contributed by atoms with Crippen LogP contribution in [0.15, 0.2) is 42.5 Å². The highest BCUT2D eigenvalue weighted by molar-refractivity contribution is 5.98. The zero-order chi connectivity index (χ0) is 16.9. The molecule has 0 aliphatic heterocycles. The molecule has 1 saturated carbocycles. The second kappa shape index (κ2) is 7.80. The summed E-state index contributed by atoms with van der Waals surface area (Å²) in [6, 6.07) is 14.7. The van der Waals surface area contributed by atoms with Crippen molar-refractivity contribution in [3.8, 4) is 11.1 Å². The third kappa shape index (κ3) is 3.96. The van der Waals surface area contributed by atoms with Gasteiger partial charge in [0.05, 0.1) is 0 Å². The monoisotopic (exact) mass is 324 g/mol. The molecular formula is C21H28N2O. The first-order chi connectivity index (χ1) is 11.6. The van der Waals surface area contributed by atoms with Gasteiger partial charge in [0, 0.05) is 24.7 Å². The lowest BCUT2D eigenvalue weighted by Gasteiger charge is -2.35. The zero-order valence-corrected chi connectivity index (χ0v) is 14.9. The smallest absolute Gasteiger partial charge is 0.254 e. The van der Waals surface area contributed by atoms with Gasteiger partial charge in [-0.2, -0.15) is 0 Å². The second-order valence-corrected chi connectivity index (χ2v) is 7.16. The number of hydrogen-bond acceptors (Lipinski definition) is 2. The minimum absolute atomic E-state index is 0.197. The van der Waals surface area contributed by atoms with E-state index >= 15 is 0 Å². The molecule has 0 unspecified atom stereocenters. The van der Waals surface area contributed by atoms with Gasteiger partial charge < -0.3 is 9.80 Å². The van der Waals surface area contributed by atoms with E-state index in [-0.39, 0.29) is 5.91 Å². The Bertz CT molecular complexity index is 615. The Morgan fingerprint density at radius 2 is 1.58 bits per heavy atom. The fourth-order valence-electron chi connectivity index (χ4n) is 3.65. The summed E-state index contributed by atoms with van der Waals surface area (Å²) in [5.41, 5.74) is 3.11. The van der Waals surface area contributed by atoms with Gasteiger partial charge in [-0.05, 0) is 50.2 Å². The fraction of sp³-hybridized carbons (Fsp3) is 0.476. The second-order valence-electron chi connectivity index (χ2n) is 7.16. The number of carbonyl (C=O) groups is 1. The van der Waals surface area contributed by atoms with Crippen molar-refractivity contribution in [2.45, 2.75) is 38.1 Å². The third-order valence-electron chi connectivity index (χ3n) is 5.04. The van der Waals surface area contributed by atoms with Crippen LogP contribution in [0.1, 0.15) is 42.5 Å². The number of rotatable bonds is 5. The number of amides is 1. The lowest BCUT2D eigenvalue weighted by atomic mass is 9.93. The summed E-state index contributed by atoms with van der Waals surface area (Å²) in [6.07, 6.45) is 6.09. The van der Waals surface area contributed by atoms with E-state index in [2.05, 4.69) is 36.0 Å². The van der Waals surface area contributed by atoms with E-state index < -0.39 is 0 Å². The van der Waals surface area contributed by atoms with E-state index in [1.165, 1.54) is 19.3 Å². The molecule has 0 radical (unpaired) electrons. The Kier molecular flexibility index (Phi) is 5.52. The number of likely N-dealkylation sites (N-methyl/N-ethyl adjacent to an activating group) is 1. The largest absolute Gasteiger partial charge is 0.334 e. The highest BCUT2D eigenvalue weighted by Gasteiger charge is 2.27. The Morgan fingerprint density at radius 3 is 2.17 bits per heavy atom. The van der Waals surface area contributed by atoms with Crippen molar-refractivity contribution in [1.29, 1.82) is 0 Å². The molecule has 3 aliphatic rings. The first-order valence-corrected chi connectivity index (χ1v) is 9.09. The average molecular weight is 324 g/mol. The van der Waals surface area contributed by atoms with Gasteiger partial charge in [0.1, 0.15) is 0 Å². The lowest BCUT2D eigenvalue weighted by Crippen LogP contribution is -2.44. The summed E-state index contributed by atoms with van der Waals surface area (Å²) < 4.78 is 0. The van der Waals surface area contributed by atoms with Crippen LogP contribution in [0.3, 0.4) is 0 Å². The average Bonchev–Trinajstić information content (AvgIpc) is 2.86. The van der Waals surface area contributed by atoms with Crippen LogP contribution in [0, 0.1) is 0 Å². The molecule has 3 nitrogen and oxygen atoms in total. The van der Waals surface area contributed by atoms with E-state index in [1.54, 1.807) is 0 Å². The first kappa shape index (κ1) is 17.0. The van der Waals surface area contributed by atoms with E-state index in [9.17, 15) is 4.79 Å². The van der Waals surface area contributed by atoms with Gasteiger partial charge >= 0.3 is 0 Å². The van der Waals surface area contributed by atoms with E-state index in [1.807, 2.05) is 30.3 Å². The Labute approximate surface area is 145 Å². The molecular weight excluding hydrogens is 296 g/mol. The van der Waals surface area contributed by atoms with Gasteiger partial charge in [-0.15, -0.1) is 0 Å². The molecule has 1 fully saturated rings.